The zero-order chi connectivity index (χ0) is 42.2. The first-order valence-electron chi connectivity index (χ1n) is 21.8. The SMILES string of the molecule is CC(C)(C)c1ccc(N2B3c4c(cc(C(C)(C)C)cc4-n4c5ccc(N(c6ccccc6)c6ccccc6)cc5c5cc(C(C)(C)C)cc3c54)-c3oc4ccccc4c32)cc1. The summed E-state index contributed by atoms with van der Waals surface area (Å²) in [6.07, 6.45) is 0. The van der Waals surface area contributed by atoms with Gasteiger partial charge in [0, 0.05) is 50.2 Å². The highest BCUT2D eigenvalue weighted by atomic mass is 16.3. The number of nitrogens with zero attached hydrogens (tertiary/aromatic N) is 3. The summed E-state index contributed by atoms with van der Waals surface area (Å²) in [7, 11) is 0. The van der Waals surface area contributed by atoms with E-state index in [9.17, 15) is 0 Å². The summed E-state index contributed by atoms with van der Waals surface area (Å²) in [4.78, 5) is 4.99. The van der Waals surface area contributed by atoms with Crippen molar-refractivity contribution in [2.24, 2.45) is 0 Å². The normalized spacial score (nSPS) is 13.6. The van der Waals surface area contributed by atoms with Gasteiger partial charge >= 0.3 is 6.85 Å². The molecule has 9 aromatic rings. The van der Waals surface area contributed by atoms with Crippen molar-refractivity contribution in [2.75, 3.05) is 9.71 Å². The molecule has 11 rings (SSSR count). The van der Waals surface area contributed by atoms with Crippen LogP contribution in [0.2, 0.25) is 0 Å². The summed E-state index contributed by atoms with van der Waals surface area (Å²) in [5.74, 6) is 0.937. The smallest absolute Gasteiger partial charge is 0.333 e. The van der Waals surface area contributed by atoms with Gasteiger partial charge in [-0.3, -0.25) is 0 Å². The monoisotopic (exact) mass is 793 g/mol. The van der Waals surface area contributed by atoms with Gasteiger partial charge in [0.05, 0.1) is 16.7 Å². The van der Waals surface area contributed by atoms with Crippen molar-refractivity contribution in [3.8, 4) is 17.0 Å². The molecule has 7 aromatic carbocycles. The number of hydrogen-bond acceptors (Lipinski definition) is 3. The molecule has 0 amide bonds. The molecule has 0 fully saturated rings. The molecule has 300 valence electrons. The number of para-hydroxylation sites is 3. The molecule has 0 spiro atoms. The predicted octanol–water partition coefficient (Wildman–Crippen LogP) is 14.1. The van der Waals surface area contributed by atoms with Crippen molar-refractivity contribution in [3.05, 3.63) is 168 Å². The van der Waals surface area contributed by atoms with Crippen LogP contribution in [0.15, 0.2) is 156 Å². The molecular formula is C56H52BN3O. The summed E-state index contributed by atoms with van der Waals surface area (Å²) >= 11 is 0. The molecule has 0 aliphatic carbocycles. The molecule has 5 heteroatoms. The average Bonchev–Trinajstić information content (AvgIpc) is 3.79. The van der Waals surface area contributed by atoms with Gasteiger partial charge in [-0.1, -0.05) is 129 Å². The van der Waals surface area contributed by atoms with Crippen LogP contribution in [0.5, 0.6) is 0 Å². The zero-order valence-electron chi connectivity index (χ0n) is 36.8. The highest BCUT2D eigenvalue weighted by molar-refractivity contribution is 6.93. The standard InChI is InChI=1S/C56H52BN3O/c1-54(2,3)35-24-26-40(27-25-35)60-52-42-22-16-17-23-49(42)61-53(52)45-31-37(56(7,8)9)33-48-50(45)57(60)46-32-36(55(4,5)6)30-44-43-34-41(28-29-47(43)59(48)51(44)46)58(38-18-12-10-13-19-38)39-20-14-11-15-21-39/h10-34H,1-9H3. The van der Waals surface area contributed by atoms with Crippen molar-refractivity contribution < 1.29 is 4.42 Å². The van der Waals surface area contributed by atoms with Gasteiger partial charge in [0.2, 0.25) is 0 Å². The summed E-state index contributed by atoms with van der Waals surface area (Å²) in [5, 5.41) is 3.65. The molecule has 0 saturated carbocycles. The minimum Gasteiger partial charge on any atom is -0.454 e. The quantitative estimate of drug-likeness (QED) is 0.166. The number of aromatic nitrogens is 1. The van der Waals surface area contributed by atoms with Gasteiger partial charge in [0.25, 0.3) is 0 Å². The van der Waals surface area contributed by atoms with E-state index in [1.807, 2.05) is 0 Å². The lowest BCUT2D eigenvalue weighted by molar-refractivity contribution is 0.588. The van der Waals surface area contributed by atoms with Gasteiger partial charge in [-0.05, 0) is 129 Å². The molecule has 2 aliphatic heterocycles. The van der Waals surface area contributed by atoms with Crippen molar-refractivity contribution in [2.45, 2.75) is 78.6 Å². The fourth-order valence-electron chi connectivity index (χ4n) is 9.94. The van der Waals surface area contributed by atoms with Crippen molar-refractivity contribution in [1.29, 1.82) is 0 Å². The Balaban J connectivity index is 1.28. The molecule has 2 aliphatic rings. The van der Waals surface area contributed by atoms with E-state index in [2.05, 4.69) is 228 Å². The van der Waals surface area contributed by atoms with Crippen LogP contribution in [0.3, 0.4) is 0 Å². The van der Waals surface area contributed by atoms with Crippen LogP contribution in [-0.4, -0.2) is 11.4 Å². The van der Waals surface area contributed by atoms with E-state index in [4.69, 9.17) is 4.42 Å². The Morgan fingerprint density at radius 2 is 1.11 bits per heavy atom. The fraction of sp³-hybridized carbons (Fsp3) is 0.214. The van der Waals surface area contributed by atoms with Crippen LogP contribution in [0.1, 0.15) is 79.0 Å². The topological polar surface area (TPSA) is 24.6 Å². The average molecular weight is 794 g/mol. The van der Waals surface area contributed by atoms with Gasteiger partial charge in [-0.15, -0.1) is 0 Å². The fourth-order valence-corrected chi connectivity index (χ4v) is 9.94. The molecular weight excluding hydrogens is 741 g/mol. The number of benzene rings is 7. The molecule has 4 heterocycles. The first kappa shape index (κ1) is 37.5. The molecule has 0 atom stereocenters. The maximum atomic E-state index is 7.06. The number of hydrogen-bond donors (Lipinski definition) is 0. The third kappa shape index (κ3) is 5.73. The van der Waals surface area contributed by atoms with Crippen LogP contribution in [0, 0.1) is 0 Å². The first-order valence-corrected chi connectivity index (χ1v) is 21.8. The maximum Gasteiger partial charge on any atom is 0.333 e. The van der Waals surface area contributed by atoms with Crippen LogP contribution in [0.4, 0.5) is 28.4 Å². The van der Waals surface area contributed by atoms with E-state index >= 15 is 0 Å². The second-order valence-electron chi connectivity index (χ2n) is 20.3. The molecule has 4 nitrogen and oxygen atoms in total. The van der Waals surface area contributed by atoms with E-state index in [1.54, 1.807) is 0 Å². The van der Waals surface area contributed by atoms with E-state index < -0.39 is 0 Å². The summed E-state index contributed by atoms with van der Waals surface area (Å²) in [5.41, 5.74) is 17.8. The molecule has 0 bridgehead atoms. The Morgan fingerprint density at radius 3 is 1.75 bits per heavy atom. The van der Waals surface area contributed by atoms with Crippen LogP contribution >= 0.6 is 0 Å². The Kier molecular flexibility index (Phi) is 8.01. The van der Waals surface area contributed by atoms with Crippen molar-refractivity contribution in [3.63, 3.8) is 0 Å². The summed E-state index contributed by atoms with van der Waals surface area (Å²) in [6.45, 7) is 20.8. The van der Waals surface area contributed by atoms with E-state index in [1.165, 1.54) is 60.7 Å². The van der Waals surface area contributed by atoms with Crippen LogP contribution < -0.4 is 20.6 Å². The second-order valence-corrected chi connectivity index (χ2v) is 20.3. The molecule has 0 unspecified atom stereocenters. The molecule has 0 N–H and O–H groups in total. The first-order chi connectivity index (χ1) is 29.2. The number of rotatable bonds is 4. The molecule has 2 aromatic heterocycles. The maximum absolute atomic E-state index is 7.06. The Bertz CT molecular complexity index is 3150. The number of fused-ring (bicyclic) bond motifs is 9. The minimum atomic E-state index is -0.112. The van der Waals surface area contributed by atoms with Gasteiger partial charge < -0.3 is 18.7 Å². The Morgan fingerprint density at radius 1 is 0.508 bits per heavy atom. The van der Waals surface area contributed by atoms with E-state index in [0.29, 0.717) is 0 Å². The predicted molar refractivity (Wildman–Crippen MR) is 260 cm³/mol. The Labute approximate surface area is 360 Å². The van der Waals surface area contributed by atoms with Gasteiger partial charge in [0.15, 0.2) is 5.76 Å². The largest absolute Gasteiger partial charge is 0.454 e. The summed E-state index contributed by atoms with van der Waals surface area (Å²) in [6, 6.07) is 56.4. The number of furan rings is 1. The Hall–Kier alpha value is -6.46. The zero-order valence-corrected chi connectivity index (χ0v) is 36.8. The lowest BCUT2D eigenvalue weighted by Gasteiger charge is -2.41. The van der Waals surface area contributed by atoms with Gasteiger partial charge in [0.1, 0.15) is 5.58 Å². The van der Waals surface area contributed by atoms with Gasteiger partial charge in [-0.2, -0.15) is 0 Å². The van der Waals surface area contributed by atoms with Crippen molar-refractivity contribution >= 4 is 79.0 Å². The lowest BCUT2D eigenvalue weighted by atomic mass is 9.43. The van der Waals surface area contributed by atoms with Crippen LogP contribution in [-0.2, 0) is 16.2 Å². The lowest BCUT2D eigenvalue weighted by Crippen LogP contribution is -2.60. The third-order valence-electron chi connectivity index (χ3n) is 13.2. The highest BCUT2D eigenvalue weighted by Gasteiger charge is 2.47. The minimum absolute atomic E-state index is 0.0332. The third-order valence-corrected chi connectivity index (χ3v) is 13.2. The van der Waals surface area contributed by atoms with E-state index in [0.717, 1.165) is 45.2 Å². The number of anilines is 5. The molecule has 0 saturated heterocycles. The van der Waals surface area contributed by atoms with Crippen LogP contribution in [0.25, 0.3) is 49.8 Å². The van der Waals surface area contributed by atoms with E-state index in [-0.39, 0.29) is 23.1 Å². The summed E-state index contributed by atoms with van der Waals surface area (Å²) < 4.78 is 9.65. The molecule has 0 radical (unpaired) electrons. The molecule has 61 heavy (non-hydrogen) atoms. The highest BCUT2D eigenvalue weighted by Crippen LogP contribution is 2.51. The van der Waals surface area contributed by atoms with Gasteiger partial charge in [-0.25, -0.2) is 0 Å². The van der Waals surface area contributed by atoms with Crippen molar-refractivity contribution in [1.82, 2.24) is 4.57 Å². The second kappa shape index (κ2) is 13.0.